The lowest BCUT2D eigenvalue weighted by Gasteiger charge is -2.35. The summed E-state index contributed by atoms with van der Waals surface area (Å²) in [5, 5.41) is 12.0. The number of amides is 1. The fourth-order valence-corrected chi connectivity index (χ4v) is 2.26. The molecule has 1 atom stereocenters. The summed E-state index contributed by atoms with van der Waals surface area (Å²) in [6.07, 6.45) is 0. The zero-order chi connectivity index (χ0) is 14.7. The molecule has 0 aromatic carbocycles. The van der Waals surface area contributed by atoms with Gasteiger partial charge in [0.2, 0.25) is 11.7 Å². The number of carboxylic acid groups (broad SMARTS) is 1. The van der Waals surface area contributed by atoms with Crippen LogP contribution in [0.25, 0.3) is 0 Å². The van der Waals surface area contributed by atoms with Gasteiger partial charge in [-0.3, -0.25) is 9.69 Å². The number of nitrogens with zero attached hydrogens (tertiary/aromatic N) is 2. The van der Waals surface area contributed by atoms with E-state index in [1.165, 1.54) is 6.07 Å². The number of hydrogen-bond acceptors (Lipinski definition) is 5. The first kappa shape index (κ1) is 14.5. The Labute approximate surface area is 117 Å². The Kier molecular flexibility index (Phi) is 4.41. The molecule has 110 valence electrons. The Balaban J connectivity index is 2.08. The van der Waals surface area contributed by atoms with Gasteiger partial charge in [-0.1, -0.05) is 0 Å². The predicted molar refractivity (Wildman–Crippen MR) is 71.4 cm³/mol. The molecule has 1 amide bonds. The average Bonchev–Trinajstić information content (AvgIpc) is 2.87. The van der Waals surface area contributed by atoms with Gasteiger partial charge < -0.3 is 19.7 Å². The number of hydrogen-bond donors (Lipinski definition) is 2. The van der Waals surface area contributed by atoms with Gasteiger partial charge in [0.1, 0.15) is 11.8 Å². The van der Waals surface area contributed by atoms with Crippen molar-refractivity contribution in [2.45, 2.75) is 12.6 Å². The van der Waals surface area contributed by atoms with Crippen LogP contribution < -0.4 is 5.32 Å². The van der Waals surface area contributed by atoms with Crippen LogP contribution in [-0.2, 0) is 11.3 Å². The summed E-state index contributed by atoms with van der Waals surface area (Å²) >= 11 is 0. The lowest BCUT2D eigenvalue weighted by molar-refractivity contribution is -0.135. The van der Waals surface area contributed by atoms with E-state index in [2.05, 4.69) is 5.32 Å². The van der Waals surface area contributed by atoms with Gasteiger partial charge >= 0.3 is 5.97 Å². The normalized spacial score (nSPS) is 19.8. The Hall–Kier alpha value is -1.86. The lowest BCUT2D eigenvalue weighted by atomic mass is 10.1. The molecule has 1 aliphatic heterocycles. The molecule has 0 saturated carbocycles. The minimum absolute atomic E-state index is 0.0298. The zero-order valence-corrected chi connectivity index (χ0v) is 11.6. The molecule has 7 heteroatoms. The second-order valence-corrected chi connectivity index (χ2v) is 4.99. The third-order valence-electron chi connectivity index (χ3n) is 3.31. The molecule has 0 spiro atoms. The molecule has 1 aliphatic rings. The second kappa shape index (κ2) is 6.06. The lowest BCUT2D eigenvalue weighted by Crippen LogP contribution is -2.57. The Morgan fingerprint density at radius 3 is 2.85 bits per heavy atom. The van der Waals surface area contributed by atoms with Gasteiger partial charge in [0, 0.05) is 33.7 Å². The van der Waals surface area contributed by atoms with Crippen molar-refractivity contribution in [2.24, 2.45) is 0 Å². The van der Waals surface area contributed by atoms with Gasteiger partial charge in [-0.25, -0.2) is 4.79 Å². The SMILES string of the molecule is CN(C)C(=O)C1CNCCN1Cc1ccc(C(=O)O)o1. The molecular formula is C13H19N3O4. The minimum Gasteiger partial charge on any atom is -0.475 e. The van der Waals surface area contributed by atoms with E-state index in [1.807, 2.05) is 4.90 Å². The number of aromatic carboxylic acids is 1. The van der Waals surface area contributed by atoms with Crippen molar-refractivity contribution >= 4 is 11.9 Å². The maximum Gasteiger partial charge on any atom is 0.371 e. The van der Waals surface area contributed by atoms with Crippen molar-refractivity contribution in [3.05, 3.63) is 23.7 Å². The summed E-state index contributed by atoms with van der Waals surface area (Å²) in [5.74, 6) is -0.578. The molecule has 0 bridgehead atoms. The molecule has 1 fully saturated rings. The van der Waals surface area contributed by atoms with Gasteiger partial charge in [0.25, 0.3) is 0 Å². The van der Waals surface area contributed by atoms with E-state index < -0.39 is 5.97 Å². The number of carbonyl (C=O) groups excluding carboxylic acids is 1. The van der Waals surface area contributed by atoms with E-state index >= 15 is 0 Å². The maximum absolute atomic E-state index is 12.1. The number of furan rings is 1. The van der Waals surface area contributed by atoms with Crippen LogP contribution in [-0.4, -0.2) is 66.6 Å². The molecule has 0 aliphatic carbocycles. The molecule has 2 rings (SSSR count). The summed E-state index contributed by atoms with van der Waals surface area (Å²) in [6.45, 7) is 2.53. The summed E-state index contributed by atoms with van der Waals surface area (Å²) in [6, 6.07) is 2.82. The fourth-order valence-electron chi connectivity index (χ4n) is 2.26. The van der Waals surface area contributed by atoms with Gasteiger partial charge in [-0.05, 0) is 12.1 Å². The molecular weight excluding hydrogens is 262 g/mol. The summed E-state index contributed by atoms with van der Waals surface area (Å²) in [5.41, 5.74) is 0. The van der Waals surface area contributed by atoms with Crippen LogP contribution in [0.5, 0.6) is 0 Å². The van der Waals surface area contributed by atoms with Crippen LogP contribution in [0.15, 0.2) is 16.5 Å². The van der Waals surface area contributed by atoms with Gasteiger partial charge in [-0.2, -0.15) is 0 Å². The van der Waals surface area contributed by atoms with Crippen molar-refractivity contribution in [2.75, 3.05) is 33.7 Å². The quantitative estimate of drug-likeness (QED) is 0.797. The van der Waals surface area contributed by atoms with Crippen LogP contribution in [0.4, 0.5) is 0 Å². The Morgan fingerprint density at radius 1 is 1.50 bits per heavy atom. The highest BCUT2D eigenvalue weighted by molar-refractivity contribution is 5.84. The zero-order valence-electron chi connectivity index (χ0n) is 11.6. The topological polar surface area (TPSA) is 86.0 Å². The first-order valence-corrected chi connectivity index (χ1v) is 6.47. The smallest absolute Gasteiger partial charge is 0.371 e. The van der Waals surface area contributed by atoms with E-state index in [1.54, 1.807) is 25.1 Å². The standard InChI is InChI=1S/C13H19N3O4/c1-15(2)12(17)10-7-14-5-6-16(10)8-9-3-4-11(20-9)13(18)19/h3-4,10,14H,5-8H2,1-2H3,(H,18,19). The molecule has 1 aromatic heterocycles. The van der Waals surface area contributed by atoms with E-state index in [0.29, 0.717) is 25.4 Å². The number of likely N-dealkylation sites (N-methyl/N-ethyl adjacent to an activating group) is 1. The number of rotatable bonds is 4. The van der Waals surface area contributed by atoms with Gasteiger partial charge in [0.05, 0.1) is 6.54 Å². The first-order chi connectivity index (χ1) is 9.49. The summed E-state index contributed by atoms with van der Waals surface area (Å²) < 4.78 is 5.25. The number of carboxylic acids is 1. The van der Waals surface area contributed by atoms with E-state index in [9.17, 15) is 9.59 Å². The van der Waals surface area contributed by atoms with Crippen LogP contribution in [0.2, 0.25) is 0 Å². The largest absolute Gasteiger partial charge is 0.475 e. The fraction of sp³-hybridized carbons (Fsp3) is 0.538. The monoisotopic (exact) mass is 281 g/mol. The molecule has 2 N–H and O–H groups in total. The van der Waals surface area contributed by atoms with Crippen molar-refractivity contribution in [1.29, 1.82) is 0 Å². The number of piperazine rings is 1. The number of carbonyl (C=O) groups is 2. The van der Waals surface area contributed by atoms with Crippen LogP contribution in [0, 0.1) is 0 Å². The van der Waals surface area contributed by atoms with Gasteiger partial charge in [0.15, 0.2) is 0 Å². The highest BCUT2D eigenvalue weighted by Gasteiger charge is 2.30. The molecule has 1 unspecified atom stereocenters. The highest BCUT2D eigenvalue weighted by atomic mass is 16.4. The molecule has 20 heavy (non-hydrogen) atoms. The second-order valence-electron chi connectivity index (χ2n) is 4.99. The molecule has 1 saturated heterocycles. The van der Waals surface area contributed by atoms with Crippen molar-refractivity contribution in [1.82, 2.24) is 15.1 Å². The van der Waals surface area contributed by atoms with Crippen LogP contribution >= 0.6 is 0 Å². The molecule has 1 aromatic rings. The van der Waals surface area contributed by atoms with Crippen LogP contribution in [0.1, 0.15) is 16.3 Å². The Bertz CT molecular complexity index is 498. The van der Waals surface area contributed by atoms with Crippen molar-refractivity contribution in [3.8, 4) is 0 Å². The summed E-state index contributed by atoms with van der Waals surface area (Å²) in [4.78, 5) is 26.5. The van der Waals surface area contributed by atoms with Crippen LogP contribution in [0.3, 0.4) is 0 Å². The van der Waals surface area contributed by atoms with Crippen molar-refractivity contribution in [3.63, 3.8) is 0 Å². The third-order valence-corrected chi connectivity index (χ3v) is 3.31. The predicted octanol–water partition coefficient (Wildman–Crippen LogP) is -0.160. The first-order valence-electron chi connectivity index (χ1n) is 6.47. The average molecular weight is 281 g/mol. The van der Waals surface area contributed by atoms with Gasteiger partial charge in [-0.15, -0.1) is 0 Å². The number of nitrogens with one attached hydrogen (secondary N) is 1. The molecule has 7 nitrogen and oxygen atoms in total. The van der Waals surface area contributed by atoms with E-state index in [0.717, 1.165) is 6.54 Å². The molecule has 0 radical (unpaired) electrons. The van der Waals surface area contributed by atoms with E-state index in [4.69, 9.17) is 9.52 Å². The van der Waals surface area contributed by atoms with E-state index in [-0.39, 0.29) is 17.7 Å². The third kappa shape index (κ3) is 3.17. The summed E-state index contributed by atoms with van der Waals surface area (Å²) in [7, 11) is 3.45. The maximum atomic E-state index is 12.1. The van der Waals surface area contributed by atoms with Crippen molar-refractivity contribution < 1.29 is 19.1 Å². The Morgan fingerprint density at radius 2 is 2.25 bits per heavy atom. The minimum atomic E-state index is -1.09. The molecule has 2 heterocycles. The highest BCUT2D eigenvalue weighted by Crippen LogP contribution is 2.14.